The molecule has 1 unspecified atom stereocenters. The van der Waals surface area contributed by atoms with Gasteiger partial charge in [-0.1, -0.05) is 0 Å². The van der Waals surface area contributed by atoms with Crippen LogP contribution in [-0.4, -0.2) is 5.92 Å². The van der Waals surface area contributed by atoms with Crippen LogP contribution in [0.25, 0.3) is 0 Å². The van der Waals surface area contributed by atoms with E-state index in [-0.39, 0.29) is 53.1 Å². The van der Waals surface area contributed by atoms with Crippen molar-refractivity contribution in [2.75, 3.05) is 0 Å². The minimum absolute atomic E-state index is 0. The number of halogens is 2. The van der Waals surface area contributed by atoms with Crippen molar-refractivity contribution in [3.63, 3.8) is 0 Å². The minimum atomic E-state index is -0.270. The van der Waals surface area contributed by atoms with Crippen molar-refractivity contribution < 1.29 is 47.2 Å². The quantitative estimate of drug-likeness (QED) is 0.480. The summed E-state index contributed by atoms with van der Waals surface area (Å²) in [5.74, 6) is 0.537. The second-order valence-electron chi connectivity index (χ2n) is 4.37. The average molecular weight is 342 g/mol. The fraction of sp³-hybridized carbons (Fsp3) is 0.636. The van der Waals surface area contributed by atoms with E-state index in [2.05, 4.69) is 40.8 Å². The molecule has 1 aliphatic carbocycles. The third kappa shape index (κ3) is 4.15. The smallest absolute Gasteiger partial charge is 1.00 e. The van der Waals surface area contributed by atoms with E-state index in [9.17, 15) is 0 Å². The molecule has 4 heteroatoms. The first kappa shape index (κ1) is 18.5. The van der Waals surface area contributed by atoms with E-state index in [1.807, 2.05) is 3.28 Å². The molecule has 0 aliphatic heterocycles. The van der Waals surface area contributed by atoms with Crippen LogP contribution in [0.3, 0.4) is 0 Å². The first-order valence-corrected chi connectivity index (χ1v) is 13.5. The number of rotatable bonds is 2. The Hall–Kier alpha value is 1.16. The van der Waals surface area contributed by atoms with Gasteiger partial charge in [0.2, 0.25) is 0 Å². The molecule has 0 aromatic carbocycles. The molecule has 1 aliphatic rings. The van der Waals surface area contributed by atoms with Crippen LogP contribution in [-0.2, 0) is 22.4 Å². The normalized spacial score (nSPS) is 20.1. The molecule has 0 spiro atoms. The van der Waals surface area contributed by atoms with Crippen LogP contribution >= 0.6 is 0 Å². The Morgan fingerprint density at radius 2 is 1.47 bits per heavy atom. The number of allylic oxidation sites excluding steroid dienone is 4. The summed E-state index contributed by atoms with van der Waals surface area (Å²) < 4.78 is 1.90. The zero-order valence-corrected chi connectivity index (χ0v) is 15.5. The van der Waals surface area contributed by atoms with E-state index >= 15 is 0 Å². The summed E-state index contributed by atoms with van der Waals surface area (Å²) in [5.41, 5.74) is 4.90. The second kappa shape index (κ2) is 7.48. The zero-order chi connectivity index (χ0) is 10.2. The van der Waals surface area contributed by atoms with Gasteiger partial charge in [0.05, 0.1) is 0 Å². The molecule has 0 amide bonds. The maximum Gasteiger partial charge on any atom is -1.00 e. The Labute approximate surface area is 119 Å². The number of hydrogen-bond acceptors (Lipinski definition) is 0. The van der Waals surface area contributed by atoms with Gasteiger partial charge in [0.25, 0.3) is 0 Å². The summed E-state index contributed by atoms with van der Waals surface area (Å²) in [4.78, 5) is 0. The fourth-order valence-corrected chi connectivity index (χ4v) is 12.0. The summed E-state index contributed by atoms with van der Waals surface area (Å²) in [6.45, 7) is 14.4. The van der Waals surface area contributed by atoms with Crippen LogP contribution in [0.4, 0.5) is 0 Å². The van der Waals surface area contributed by atoms with Gasteiger partial charge >= 0.3 is 95.0 Å². The van der Waals surface area contributed by atoms with Crippen LogP contribution in [0.5, 0.6) is 0 Å². The van der Waals surface area contributed by atoms with Crippen molar-refractivity contribution in [1.29, 1.82) is 0 Å². The summed E-state index contributed by atoms with van der Waals surface area (Å²) in [6, 6.07) is 0. The van der Waals surface area contributed by atoms with Crippen molar-refractivity contribution >= 4 is 5.92 Å². The van der Waals surface area contributed by atoms with E-state index in [0.29, 0.717) is 0 Å². The minimum Gasteiger partial charge on any atom is -1.00 e. The van der Waals surface area contributed by atoms with Crippen molar-refractivity contribution in [2.24, 2.45) is 5.92 Å². The van der Waals surface area contributed by atoms with Crippen molar-refractivity contribution in [3.8, 4) is 0 Å². The van der Waals surface area contributed by atoms with Crippen molar-refractivity contribution in [2.45, 2.75) is 40.8 Å². The third-order valence-corrected chi connectivity index (χ3v) is 12.5. The van der Waals surface area contributed by atoms with Crippen molar-refractivity contribution in [1.82, 2.24) is 0 Å². The first-order valence-electron chi connectivity index (χ1n) is 5.10. The SMILES string of the molecule is CC1=C(C)C(C)[C]([Zr+2][SiH](C)C)=C1C.[Cl-].[Cl-]. The summed E-state index contributed by atoms with van der Waals surface area (Å²) in [6.07, 6.45) is 0. The molecule has 0 aromatic heterocycles. The van der Waals surface area contributed by atoms with Gasteiger partial charge in [0.15, 0.2) is 0 Å². The monoisotopic (exact) mass is 340 g/mol. The van der Waals surface area contributed by atoms with Gasteiger partial charge in [-0.25, -0.2) is 0 Å². The van der Waals surface area contributed by atoms with Gasteiger partial charge in [0, 0.05) is 0 Å². The van der Waals surface area contributed by atoms with Gasteiger partial charge in [-0.2, -0.15) is 0 Å². The Morgan fingerprint density at radius 3 is 1.73 bits per heavy atom. The molecule has 0 heterocycles. The van der Waals surface area contributed by atoms with Gasteiger partial charge < -0.3 is 24.8 Å². The molecule has 0 bridgehead atoms. The molecule has 0 aromatic rings. The summed E-state index contributed by atoms with van der Waals surface area (Å²) in [5, 5.41) is 0. The van der Waals surface area contributed by atoms with Crippen LogP contribution in [0.15, 0.2) is 20.0 Å². The average Bonchev–Trinajstić information content (AvgIpc) is 2.22. The zero-order valence-electron chi connectivity index (χ0n) is 10.4. The Balaban J connectivity index is 0. The van der Waals surface area contributed by atoms with E-state index < -0.39 is 0 Å². The Bertz CT molecular complexity index is 282. The molecule has 0 N–H and O–H groups in total. The second-order valence-corrected chi connectivity index (χ2v) is 18.9. The number of hydrogen-bond donors (Lipinski definition) is 0. The van der Waals surface area contributed by atoms with E-state index in [0.717, 1.165) is 5.92 Å². The Kier molecular flexibility index (Phi) is 9.24. The topological polar surface area (TPSA) is 0 Å². The van der Waals surface area contributed by atoms with Gasteiger partial charge in [0.1, 0.15) is 0 Å². The molecule has 86 valence electrons. The first-order chi connectivity index (χ1) is 5.95. The molecule has 1 rings (SSSR count). The molecule has 0 saturated carbocycles. The van der Waals surface area contributed by atoms with Gasteiger partial charge in [-0.05, 0) is 0 Å². The molecule has 0 nitrogen and oxygen atoms in total. The molecule has 1 atom stereocenters. The maximum absolute atomic E-state index is 2.52. The molecular weight excluding hydrogens is 322 g/mol. The maximum atomic E-state index is 2.52. The largest absolute Gasteiger partial charge is 1.00 e. The third-order valence-electron chi connectivity index (χ3n) is 3.08. The molecule has 0 saturated heterocycles. The van der Waals surface area contributed by atoms with E-state index in [1.54, 1.807) is 16.7 Å². The van der Waals surface area contributed by atoms with Gasteiger partial charge in [-0.15, -0.1) is 0 Å². The summed E-state index contributed by atoms with van der Waals surface area (Å²) >= 11 is -0.142. The van der Waals surface area contributed by atoms with Crippen molar-refractivity contribution in [3.05, 3.63) is 20.0 Å². The van der Waals surface area contributed by atoms with Crippen LogP contribution in [0.1, 0.15) is 27.7 Å². The molecule has 15 heavy (non-hydrogen) atoms. The molecular formula is C11H20Cl2SiZr. The van der Waals surface area contributed by atoms with Gasteiger partial charge in [-0.3, -0.25) is 0 Å². The Morgan fingerprint density at radius 1 is 1.00 bits per heavy atom. The van der Waals surface area contributed by atoms with E-state index in [4.69, 9.17) is 0 Å². The fourth-order valence-electron chi connectivity index (χ4n) is 1.91. The predicted octanol–water partition coefficient (Wildman–Crippen LogP) is -2.68. The van der Waals surface area contributed by atoms with E-state index in [1.165, 1.54) is 0 Å². The standard InChI is InChI=1S/C9H13.C2H7Si.2ClH.Zr/c1-6-5-7(2)9(4)8(6)3;1-3-2;;;/h6H,1-4H3;3H,1-2H3;2*1H;/q;;;;+2/p-2. The molecule has 0 fully saturated rings. The molecule has 0 radical (unpaired) electrons. The predicted molar refractivity (Wildman–Crippen MR) is 59.1 cm³/mol. The van der Waals surface area contributed by atoms with Crippen LogP contribution in [0.2, 0.25) is 13.1 Å². The van der Waals surface area contributed by atoms with Crippen LogP contribution in [0, 0.1) is 5.92 Å². The summed E-state index contributed by atoms with van der Waals surface area (Å²) in [7, 11) is 0. The van der Waals surface area contributed by atoms with Crippen LogP contribution < -0.4 is 24.8 Å².